The van der Waals surface area contributed by atoms with Gasteiger partial charge in [-0.05, 0) is 38.1 Å². The number of esters is 2. The molecule has 0 saturated carbocycles. The van der Waals surface area contributed by atoms with Gasteiger partial charge in [0.05, 0.1) is 13.9 Å². The van der Waals surface area contributed by atoms with Crippen molar-refractivity contribution in [3.63, 3.8) is 0 Å². The molecule has 0 spiro atoms. The van der Waals surface area contributed by atoms with E-state index in [9.17, 15) is 9.59 Å². The maximum Gasteiger partial charge on any atom is 0.338 e. The molecule has 148 valence electrons. The zero-order valence-electron chi connectivity index (χ0n) is 19.9. The molecule has 28 heavy (non-hydrogen) atoms. The predicted molar refractivity (Wildman–Crippen MR) is 102 cm³/mol. The lowest BCUT2D eigenvalue weighted by molar-refractivity contribution is -0.128. The lowest BCUT2D eigenvalue weighted by Crippen LogP contribution is -2.32. The van der Waals surface area contributed by atoms with E-state index in [0.29, 0.717) is 0 Å². The quantitative estimate of drug-likeness (QED) is 0.706. The summed E-state index contributed by atoms with van der Waals surface area (Å²) in [4.78, 5) is 25.1. The van der Waals surface area contributed by atoms with Crippen LogP contribution in [0, 0.1) is 13.8 Å². The average Bonchev–Trinajstić information content (AvgIpc) is 2.90. The van der Waals surface area contributed by atoms with Gasteiger partial charge >= 0.3 is 11.9 Å². The minimum Gasteiger partial charge on any atom is -0.459 e. The summed E-state index contributed by atoms with van der Waals surface area (Å²) in [6.07, 6.45) is -9.96. The van der Waals surface area contributed by atoms with E-state index in [-0.39, 0.29) is 11.1 Å². The van der Waals surface area contributed by atoms with Crippen molar-refractivity contribution >= 4 is 11.9 Å². The largest absolute Gasteiger partial charge is 0.459 e. The highest BCUT2D eigenvalue weighted by Gasteiger charge is 2.39. The van der Waals surface area contributed by atoms with Crippen LogP contribution in [0.25, 0.3) is 0 Å². The van der Waals surface area contributed by atoms with Gasteiger partial charge in [0.2, 0.25) is 0 Å². The topological polar surface area (TPSA) is 71.1 Å². The molecule has 1 heterocycles. The lowest BCUT2D eigenvalue weighted by Gasteiger charge is -2.19. The number of carbonyl (C=O) groups is 2. The van der Waals surface area contributed by atoms with Crippen LogP contribution < -0.4 is 0 Å². The van der Waals surface area contributed by atoms with Gasteiger partial charge in [0, 0.05) is 16.2 Å². The maximum atomic E-state index is 12.7. The Kier molecular flexibility index (Phi) is 4.90. The smallest absolute Gasteiger partial charge is 0.338 e. The van der Waals surface area contributed by atoms with Crippen molar-refractivity contribution in [2.75, 3.05) is 13.7 Å². The molecular formula is C22H24O6. The maximum absolute atomic E-state index is 12.7. The molecule has 6 nitrogen and oxygen atoms in total. The van der Waals surface area contributed by atoms with Crippen molar-refractivity contribution in [3.8, 4) is 0 Å². The van der Waals surface area contributed by atoms with Gasteiger partial charge in [-0.3, -0.25) is 0 Å². The molecule has 3 atom stereocenters. The summed E-state index contributed by atoms with van der Waals surface area (Å²) < 4.78 is 54.5. The van der Waals surface area contributed by atoms with Crippen LogP contribution in [-0.2, 0) is 18.9 Å². The fourth-order valence-corrected chi connectivity index (χ4v) is 2.44. The van der Waals surface area contributed by atoms with E-state index in [1.807, 2.05) is 13.8 Å². The number of carbonyl (C=O) groups excluding carboxylic acids is 2. The summed E-state index contributed by atoms with van der Waals surface area (Å²) in [5, 5.41) is 0. The minimum atomic E-state index is -2.91. The van der Waals surface area contributed by atoms with Crippen LogP contribution in [0.2, 0.25) is 0 Å². The van der Waals surface area contributed by atoms with Gasteiger partial charge < -0.3 is 18.9 Å². The number of hydrogen-bond donors (Lipinski definition) is 0. The monoisotopic (exact) mass is 388 g/mol. The molecule has 0 aliphatic carbocycles. The Labute approximate surface area is 170 Å². The normalized spacial score (nSPS) is 30.5. The summed E-state index contributed by atoms with van der Waals surface area (Å²) in [6, 6.07) is 12.7. The fourth-order valence-electron chi connectivity index (χ4n) is 2.44. The summed E-state index contributed by atoms with van der Waals surface area (Å²) in [6.45, 7) is 2.80. The average molecular weight is 388 g/mol. The molecule has 0 N–H and O–H groups in total. The summed E-state index contributed by atoms with van der Waals surface area (Å²) in [5.41, 5.74) is 2.09. The Bertz CT molecular complexity index is 994. The van der Waals surface area contributed by atoms with E-state index in [1.54, 1.807) is 24.3 Å². The van der Waals surface area contributed by atoms with Crippen LogP contribution in [-0.4, -0.2) is 44.1 Å². The third kappa shape index (κ3) is 4.97. The fraction of sp³-hybridized carbons (Fsp3) is 0.364. The van der Waals surface area contributed by atoms with E-state index < -0.39 is 43.4 Å². The molecule has 1 aliphatic rings. The highest BCUT2D eigenvalue weighted by atomic mass is 16.7. The zero-order valence-corrected chi connectivity index (χ0v) is 15.9. The third-order valence-electron chi connectivity index (χ3n) is 4.07. The second kappa shape index (κ2) is 8.99. The summed E-state index contributed by atoms with van der Waals surface area (Å²) >= 11 is 0. The first-order valence-corrected chi connectivity index (χ1v) is 8.68. The van der Waals surface area contributed by atoms with Gasteiger partial charge in [0.15, 0.2) is 6.29 Å². The van der Waals surface area contributed by atoms with Crippen LogP contribution in [0.3, 0.4) is 0 Å². The second-order valence-electron chi connectivity index (χ2n) is 6.28. The number of benzene rings is 2. The van der Waals surface area contributed by atoms with E-state index in [4.69, 9.17) is 24.4 Å². The van der Waals surface area contributed by atoms with E-state index >= 15 is 0 Å². The molecule has 1 saturated heterocycles. The van der Waals surface area contributed by atoms with Crippen LogP contribution >= 0.6 is 0 Å². The van der Waals surface area contributed by atoms with E-state index in [0.717, 1.165) is 18.2 Å². The molecule has 2 aromatic rings. The second-order valence-corrected chi connectivity index (χ2v) is 6.28. The van der Waals surface area contributed by atoms with Crippen molar-refractivity contribution in [2.24, 2.45) is 0 Å². The van der Waals surface area contributed by atoms with Gasteiger partial charge in [-0.1, -0.05) is 35.4 Å². The number of ether oxygens (including phenoxy) is 4. The summed E-state index contributed by atoms with van der Waals surface area (Å²) in [5.74, 6) is -1.82. The summed E-state index contributed by atoms with van der Waals surface area (Å²) in [7, 11) is 1.13. The predicted octanol–water partition coefficient (Wildman–Crippen LogP) is 3.45. The first-order chi connectivity index (χ1) is 14.9. The van der Waals surface area contributed by atoms with Crippen molar-refractivity contribution < 1.29 is 34.0 Å². The van der Waals surface area contributed by atoms with Crippen molar-refractivity contribution in [1.82, 2.24) is 0 Å². The number of hydrogen-bond acceptors (Lipinski definition) is 6. The highest BCUT2D eigenvalue weighted by molar-refractivity contribution is 5.90. The molecule has 0 unspecified atom stereocenters. The van der Waals surface area contributed by atoms with Gasteiger partial charge in [-0.25, -0.2) is 9.59 Å². The molecule has 6 heteroatoms. The van der Waals surface area contributed by atoms with E-state index in [1.165, 1.54) is 24.3 Å². The molecule has 3 rings (SSSR count). The number of aryl methyl sites for hydroxylation is 2. The molecule has 0 amide bonds. The Morgan fingerprint density at radius 3 is 2.11 bits per heavy atom. The Morgan fingerprint density at radius 2 is 1.57 bits per heavy atom. The SMILES string of the molecule is [2H]C1([2H])[C@H](OC)O[C@]([2H])(COC(=O)c2ccc(C)cc2)[C@@]1([2H])OC(=O)c1ccc(C)cc1. The Balaban J connectivity index is 1.87. The first kappa shape index (κ1) is 15.2. The van der Waals surface area contributed by atoms with Crippen molar-refractivity contribution in [3.05, 3.63) is 70.8 Å². The molecule has 0 radical (unpaired) electrons. The molecule has 1 aliphatic heterocycles. The zero-order chi connectivity index (χ0) is 23.7. The van der Waals surface area contributed by atoms with Crippen LogP contribution in [0.4, 0.5) is 0 Å². The van der Waals surface area contributed by atoms with Gasteiger partial charge in [0.25, 0.3) is 0 Å². The van der Waals surface area contributed by atoms with Gasteiger partial charge in [0.1, 0.15) is 18.8 Å². The van der Waals surface area contributed by atoms with Gasteiger partial charge in [-0.2, -0.15) is 0 Å². The van der Waals surface area contributed by atoms with E-state index in [2.05, 4.69) is 0 Å². The lowest BCUT2D eigenvalue weighted by atomic mass is 10.1. The number of methoxy groups -OCH3 is 1. The molecule has 0 aromatic heterocycles. The standard InChI is InChI=1S/C22H24O6/c1-14-4-8-16(9-5-14)21(23)26-13-19-18(12-20(25-3)27-19)28-22(24)17-10-6-15(2)7-11-17/h4-11,18-20H,12-13H2,1-3H3/t18-,19+,20+/m0/s1/i12D2,18D,19D. The molecular weight excluding hydrogens is 360 g/mol. The van der Waals surface area contributed by atoms with Crippen LogP contribution in [0.1, 0.15) is 43.7 Å². The molecule has 1 fully saturated rings. The van der Waals surface area contributed by atoms with Gasteiger partial charge in [-0.15, -0.1) is 0 Å². The minimum absolute atomic E-state index is 0.0675. The number of rotatable bonds is 6. The third-order valence-corrected chi connectivity index (χ3v) is 4.07. The molecule has 2 aromatic carbocycles. The first-order valence-electron chi connectivity index (χ1n) is 10.7. The van der Waals surface area contributed by atoms with Crippen LogP contribution in [0.15, 0.2) is 48.5 Å². The Hall–Kier alpha value is -2.70. The van der Waals surface area contributed by atoms with Crippen LogP contribution in [0.5, 0.6) is 0 Å². The Morgan fingerprint density at radius 1 is 1.04 bits per heavy atom. The highest BCUT2D eigenvalue weighted by Crippen LogP contribution is 2.25. The van der Waals surface area contributed by atoms with Crippen molar-refractivity contribution in [2.45, 2.75) is 38.7 Å². The molecule has 0 bridgehead atoms. The van der Waals surface area contributed by atoms with Crippen molar-refractivity contribution in [1.29, 1.82) is 0 Å².